The summed E-state index contributed by atoms with van der Waals surface area (Å²) in [5.74, 6) is 3.01. The number of hydrogen-bond acceptors (Lipinski definition) is 7. The molecule has 0 spiro atoms. The third-order valence-electron chi connectivity index (χ3n) is 3.61. The maximum absolute atomic E-state index is 5.32. The lowest BCUT2D eigenvalue weighted by Crippen LogP contribution is -2.02. The molecule has 0 radical (unpaired) electrons. The number of rotatable bonds is 4. The van der Waals surface area contributed by atoms with Crippen LogP contribution in [0.3, 0.4) is 0 Å². The van der Waals surface area contributed by atoms with Gasteiger partial charge in [0, 0.05) is 13.0 Å². The molecule has 0 fully saturated rings. The average Bonchev–Trinajstić information content (AvgIpc) is 3.24. The average molecular weight is 333 g/mol. The summed E-state index contributed by atoms with van der Waals surface area (Å²) in [6, 6.07) is 3.97. The molecule has 0 bridgehead atoms. The highest BCUT2D eigenvalue weighted by Gasteiger charge is 2.16. The number of hydrogen-bond donors (Lipinski definition) is 0. The van der Waals surface area contributed by atoms with Crippen LogP contribution in [0.2, 0.25) is 0 Å². The van der Waals surface area contributed by atoms with Gasteiger partial charge >= 0.3 is 0 Å². The second kappa shape index (κ2) is 6.21. The third kappa shape index (κ3) is 2.80. The third-order valence-corrected chi connectivity index (χ3v) is 5.43. The molecule has 0 N–H and O–H groups in total. The highest BCUT2D eigenvalue weighted by atomic mass is 32.2. The normalized spacial score (nSPS) is 14.7. The van der Waals surface area contributed by atoms with Gasteiger partial charge in [-0.2, -0.15) is 4.98 Å². The predicted octanol–water partition coefficient (Wildman–Crippen LogP) is 3.41. The van der Waals surface area contributed by atoms with Crippen LogP contribution in [0.1, 0.15) is 31.0 Å². The molecule has 0 saturated heterocycles. The summed E-state index contributed by atoms with van der Waals surface area (Å²) in [6.07, 6.45) is 4.69. The van der Waals surface area contributed by atoms with E-state index in [0.29, 0.717) is 17.5 Å². The molecular weight excluding hydrogens is 318 g/mol. The number of fused-ring (bicyclic) bond motifs is 1. The summed E-state index contributed by atoms with van der Waals surface area (Å²) in [5, 5.41) is 15.6. The van der Waals surface area contributed by atoms with E-state index in [1.807, 2.05) is 17.5 Å². The summed E-state index contributed by atoms with van der Waals surface area (Å²) >= 11 is 3.22. The predicted molar refractivity (Wildman–Crippen MR) is 84.7 cm³/mol. The van der Waals surface area contributed by atoms with Gasteiger partial charge in [0.2, 0.25) is 11.7 Å². The van der Waals surface area contributed by atoms with Crippen LogP contribution >= 0.6 is 23.1 Å². The van der Waals surface area contributed by atoms with Gasteiger partial charge in [-0.05, 0) is 24.3 Å². The van der Waals surface area contributed by atoms with E-state index in [1.54, 1.807) is 23.1 Å². The van der Waals surface area contributed by atoms with Crippen molar-refractivity contribution >= 4 is 23.1 Å². The molecule has 1 aliphatic rings. The first kappa shape index (κ1) is 14.0. The Morgan fingerprint density at radius 3 is 3.18 bits per heavy atom. The largest absolute Gasteiger partial charge is 0.338 e. The molecular formula is C14H15N5OS2. The van der Waals surface area contributed by atoms with Gasteiger partial charge in [-0.25, -0.2) is 0 Å². The fourth-order valence-electron chi connectivity index (χ4n) is 2.51. The van der Waals surface area contributed by atoms with Crippen LogP contribution < -0.4 is 0 Å². The first-order valence-corrected chi connectivity index (χ1v) is 9.18. The molecule has 1 aliphatic heterocycles. The van der Waals surface area contributed by atoms with E-state index in [2.05, 4.69) is 24.9 Å². The molecule has 0 unspecified atom stereocenters. The monoisotopic (exact) mass is 333 g/mol. The number of aryl methyl sites for hydroxylation is 1. The molecule has 4 rings (SSSR count). The van der Waals surface area contributed by atoms with Crippen LogP contribution in [-0.2, 0) is 18.7 Å². The smallest absolute Gasteiger partial charge is 0.237 e. The van der Waals surface area contributed by atoms with Gasteiger partial charge in [0.15, 0.2) is 5.16 Å². The van der Waals surface area contributed by atoms with Gasteiger partial charge in [0.25, 0.3) is 0 Å². The van der Waals surface area contributed by atoms with Crippen LogP contribution in [0.4, 0.5) is 0 Å². The van der Waals surface area contributed by atoms with Crippen molar-refractivity contribution in [3.63, 3.8) is 0 Å². The number of aromatic nitrogens is 5. The van der Waals surface area contributed by atoms with Crippen molar-refractivity contribution in [3.05, 3.63) is 29.2 Å². The minimum atomic E-state index is 0.622. The van der Waals surface area contributed by atoms with Crippen molar-refractivity contribution < 1.29 is 4.52 Å². The molecule has 0 aliphatic carbocycles. The number of nitrogens with zero attached hydrogens (tertiary/aromatic N) is 5. The fraction of sp³-hybridized carbons (Fsp3) is 0.429. The maximum atomic E-state index is 5.32. The van der Waals surface area contributed by atoms with Crippen molar-refractivity contribution in [1.82, 2.24) is 24.9 Å². The second-order valence-electron chi connectivity index (χ2n) is 5.14. The lowest BCUT2D eigenvalue weighted by Gasteiger charge is -2.04. The minimum Gasteiger partial charge on any atom is -0.338 e. The molecule has 0 aromatic carbocycles. The van der Waals surface area contributed by atoms with Gasteiger partial charge in [-0.15, -0.1) is 21.5 Å². The summed E-state index contributed by atoms with van der Waals surface area (Å²) in [6.45, 7) is 1.01. The van der Waals surface area contributed by atoms with Crippen LogP contribution in [0.5, 0.6) is 0 Å². The summed E-state index contributed by atoms with van der Waals surface area (Å²) in [7, 11) is 0. The zero-order valence-corrected chi connectivity index (χ0v) is 13.6. The SMILES string of the molecule is c1csc(-c2noc(CSc3nnc4n3CCCCC4)n2)c1. The van der Waals surface area contributed by atoms with Gasteiger partial charge in [0.05, 0.1) is 10.6 Å². The van der Waals surface area contributed by atoms with Crippen LogP contribution in [0.25, 0.3) is 10.7 Å². The van der Waals surface area contributed by atoms with Crippen molar-refractivity contribution in [1.29, 1.82) is 0 Å². The summed E-state index contributed by atoms with van der Waals surface area (Å²) in [4.78, 5) is 5.46. The topological polar surface area (TPSA) is 69.6 Å². The van der Waals surface area contributed by atoms with Gasteiger partial charge in [-0.1, -0.05) is 29.4 Å². The molecule has 0 atom stereocenters. The van der Waals surface area contributed by atoms with E-state index < -0.39 is 0 Å². The molecule has 3 aromatic rings. The standard InChI is InChI=1S/C14H15N5OS2/c1-2-6-11-16-17-14(19(11)7-3-1)22-9-12-15-13(18-20-12)10-5-4-8-21-10/h4-5,8H,1-3,6-7,9H2. The number of thiophene rings is 1. The molecule has 114 valence electrons. The highest BCUT2D eigenvalue weighted by molar-refractivity contribution is 7.98. The second-order valence-corrected chi connectivity index (χ2v) is 7.03. The molecule has 6 nitrogen and oxygen atoms in total. The van der Waals surface area contributed by atoms with Crippen LogP contribution in [0.15, 0.2) is 27.2 Å². The Bertz CT molecular complexity index is 749. The Kier molecular flexibility index (Phi) is 3.94. The number of thioether (sulfide) groups is 1. The lowest BCUT2D eigenvalue weighted by molar-refractivity contribution is 0.391. The minimum absolute atomic E-state index is 0.622. The molecule has 3 aromatic heterocycles. The van der Waals surface area contributed by atoms with Crippen LogP contribution in [0, 0.1) is 0 Å². The Morgan fingerprint density at radius 2 is 2.27 bits per heavy atom. The Labute approximate surface area is 136 Å². The molecule has 0 saturated carbocycles. The quantitative estimate of drug-likeness (QED) is 0.682. The highest BCUT2D eigenvalue weighted by Crippen LogP contribution is 2.26. The zero-order chi connectivity index (χ0) is 14.8. The molecule has 4 heterocycles. The Morgan fingerprint density at radius 1 is 1.27 bits per heavy atom. The van der Waals surface area contributed by atoms with E-state index in [9.17, 15) is 0 Å². The van der Waals surface area contributed by atoms with Crippen molar-refractivity contribution in [2.45, 2.75) is 43.1 Å². The van der Waals surface area contributed by atoms with E-state index in [1.165, 1.54) is 19.3 Å². The van der Waals surface area contributed by atoms with E-state index in [4.69, 9.17) is 4.52 Å². The molecule has 22 heavy (non-hydrogen) atoms. The Balaban J connectivity index is 1.46. The summed E-state index contributed by atoms with van der Waals surface area (Å²) in [5.41, 5.74) is 0. The van der Waals surface area contributed by atoms with Gasteiger partial charge in [-0.3, -0.25) is 0 Å². The van der Waals surface area contributed by atoms with E-state index in [0.717, 1.165) is 28.8 Å². The first-order valence-electron chi connectivity index (χ1n) is 7.31. The van der Waals surface area contributed by atoms with Crippen LogP contribution in [-0.4, -0.2) is 24.9 Å². The first-order chi connectivity index (χ1) is 10.9. The van der Waals surface area contributed by atoms with Gasteiger partial charge in [0.1, 0.15) is 5.82 Å². The Hall–Kier alpha value is -1.67. The fourth-order valence-corrected chi connectivity index (χ4v) is 3.98. The van der Waals surface area contributed by atoms with Crippen molar-refractivity contribution in [3.8, 4) is 10.7 Å². The van der Waals surface area contributed by atoms with E-state index >= 15 is 0 Å². The summed E-state index contributed by atoms with van der Waals surface area (Å²) < 4.78 is 7.55. The van der Waals surface area contributed by atoms with Crippen molar-refractivity contribution in [2.75, 3.05) is 0 Å². The van der Waals surface area contributed by atoms with Crippen molar-refractivity contribution in [2.24, 2.45) is 0 Å². The molecule has 0 amide bonds. The molecule has 8 heteroatoms. The maximum Gasteiger partial charge on any atom is 0.237 e. The van der Waals surface area contributed by atoms with E-state index in [-0.39, 0.29) is 0 Å². The zero-order valence-electron chi connectivity index (χ0n) is 11.9. The lowest BCUT2D eigenvalue weighted by atomic mass is 10.2. The van der Waals surface area contributed by atoms with Gasteiger partial charge < -0.3 is 9.09 Å².